The van der Waals surface area contributed by atoms with Crippen LogP contribution in [0, 0.1) is 48.3 Å². The molecule has 2 heterocycles. The molecule has 6 fully saturated rings. The van der Waals surface area contributed by atoms with Crippen molar-refractivity contribution in [3.8, 4) is 0 Å². The molecule has 4 aromatic rings. The van der Waals surface area contributed by atoms with E-state index in [9.17, 15) is 26.4 Å². The molecule has 62 heavy (non-hydrogen) atoms. The number of benzene rings is 4. The lowest BCUT2D eigenvalue weighted by atomic mass is 9.93. The topological polar surface area (TPSA) is 152 Å². The van der Waals surface area contributed by atoms with E-state index >= 15 is 0 Å². The molecule has 14 heteroatoms. The Labute approximate surface area is 364 Å². The number of nitrogens with zero attached hydrogens (tertiary/aromatic N) is 4. The summed E-state index contributed by atoms with van der Waals surface area (Å²) in [6, 6.07) is 33.3. The van der Waals surface area contributed by atoms with Gasteiger partial charge in [-0.15, -0.1) is 8.80 Å². The molecule has 4 saturated carbocycles. The average Bonchev–Trinajstić information content (AvgIpc) is 4.11. The van der Waals surface area contributed by atoms with Crippen LogP contribution in [-0.2, 0) is 52.2 Å². The zero-order valence-corrected chi connectivity index (χ0v) is 37.0. The summed E-state index contributed by atoms with van der Waals surface area (Å²) in [4.78, 5) is 30.5. The van der Waals surface area contributed by atoms with Gasteiger partial charge < -0.3 is 19.3 Å². The second-order valence-electron chi connectivity index (χ2n) is 17.6. The zero-order valence-electron chi connectivity index (χ0n) is 35.4. The molecule has 4 aliphatic carbocycles. The van der Waals surface area contributed by atoms with E-state index in [2.05, 4.69) is 18.6 Å². The predicted molar refractivity (Wildman–Crippen MR) is 234 cm³/mol. The van der Waals surface area contributed by atoms with Crippen molar-refractivity contribution < 1.29 is 35.9 Å². The molecule has 0 bridgehead atoms. The van der Waals surface area contributed by atoms with Gasteiger partial charge in [-0.2, -0.15) is 16.8 Å². The molecule has 6 aliphatic rings. The first-order chi connectivity index (χ1) is 29.8. The summed E-state index contributed by atoms with van der Waals surface area (Å²) in [7, 11) is -5.17. The van der Waals surface area contributed by atoms with Gasteiger partial charge in [0.1, 0.15) is 22.5 Å². The summed E-state index contributed by atoms with van der Waals surface area (Å²) in [5.74, 6) is 0.377. The van der Waals surface area contributed by atoms with Crippen LogP contribution in [0.15, 0.2) is 128 Å². The van der Waals surface area contributed by atoms with Gasteiger partial charge in [0, 0.05) is 37.0 Å². The van der Waals surface area contributed by atoms with Crippen LogP contribution in [0.25, 0.3) is 0 Å². The van der Waals surface area contributed by atoms with E-state index in [0.717, 1.165) is 60.8 Å². The number of carbonyl (C=O) groups excluding carboxylic acids is 2. The molecule has 10 rings (SSSR count). The fourth-order valence-electron chi connectivity index (χ4n) is 11.6. The van der Waals surface area contributed by atoms with Gasteiger partial charge in [0.05, 0.1) is 24.0 Å². The van der Waals surface area contributed by atoms with Crippen molar-refractivity contribution in [2.24, 2.45) is 43.3 Å². The van der Waals surface area contributed by atoms with Crippen LogP contribution >= 0.6 is 0 Å². The first kappa shape index (κ1) is 42.0. The molecule has 324 valence electrons. The smallest absolute Gasteiger partial charge is 0.320 e. The minimum absolute atomic E-state index is 0.0735. The Hall–Kier alpha value is -5.34. The van der Waals surface area contributed by atoms with Crippen LogP contribution in [-0.4, -0.2) is 76.5 Å². The van der Waals surface area contributed by atoms with Crippen molar-refractivity contribution in [1.29, 1.82) is 0 Å². The van der Waals surface area contributed by atoms with Crippen LogP contribution in [0.2, 0.25) is 0 Å². The van der Waals surface area contributed by atoms with E-state index in [0.29, 0.717) is 24.8 Å². The fourth-order valence-corrected chi connectivity index (χ4v) is 13.7. The number of ether oxygens (including phenoxy) is 2. The molecule has 2 aliphatic heterocycles. The number of aryl methyl sites for hydroxylation is 2. The second kappa shape index (κ2) is 15.8. The van der Waals surface area contributed by atoms with Crippen molar-refractivity contribution in [1.82, 2.24) is 9.80 Å². The molecule has 0 N–H and O–H groups in total. The van der Waals surface area contributed by atoms with Crippen LogP contribution in [0.4, 0.5) is 0 Å². The predicted octanol–water partition coefficient (Wildman–Crippen LogP) is 7.11. The number of carbonyl (C=O) groups is 2. The molecule has 0 unspecified atom stereocenters. The maximum atomic E-state index is 13.3. The van der Waals surface area contributed by atoms with Crippen molar-refractivity contribution in [2.75, 3.05) is 14.2 Å². The maximum absolute atomic E-state index is 13.3. The van der Waals surface area contributed by atoms with Gasteiger partial charge in [0.15, 0.2) is 0 Å². The van der Waals surface area contributed by atoms with Gasteiger partial charge in [-0.3, -0.25) is 9.59 Å². The van der Waals surface area contributed by atoms with Crippen molar-refractivity contribution >= 4 is 43.7 Å². The Morgan fingerprint density at radius 2 is 0.919 bits per heavy atom. The molecule has 0 spiro atoms. The summed E-state index contributed by atoms with van der Waals surface area (Å²) in [6.45, 7) is 4.86. The first-order valence-corrected chi connectivity index (χ1v) is 24.3. The highest BCUT2D eigenvalue weighted by molar-refractivity contribution is 7.90. The summed E-state index contributed by atoms with van der Waals surface area (Å²) < 4.78 is 72.2. The third-order valence-corrected chi connectivity index (χ3v) is 16.9. The van der Waals surface area contributed by atoms with Crippen LogP contribution < -0.4 is 0 Å². The van der Waals surface area contributed by atoms with Gasteiger partial charge in [0.25, 0.3) is 20.0 Å². The highest BCUT2D eigenvalue weighted by atomic mass is 32.2. The normalized spacial score (nSPS) is 30.2. The van der Waals surface area contributed by atoms with Crippen LogP contribution in [0.1, 0.15) is 60.8 Å². The molecule has 0 aromatic heterocycles. The quantitative estimate of drug-likeness (QED) is 0.151. The van der Waals surface area contributed by atoms with Gasteiger partial charge >= 0.3 is 11.9 Å². The number of sulfonamides is 2. The number of rotatable bonds is 10. The molecular weight excluding hydrogens is 825 g/mol. The number of fused-ring (bicyclic) bond motifs is 2. The maximum Gasteiger partial charge on any atom is 0.320 e. The number of hydrogen-bond acceptors (Lipinski definition) is 8. The third-order valence-electron chi connectivity index (χ3n) is 14.3. The number of methoxy groups -OCH3 is 2. The van der Waals surface area contributed by atoms with Crippen molar-refractivity contribution in [2.45, 2.75) is 87.3 Å². The van der Waals surface area contributed by atoms with Crippen LogP contribution in [0.3, 0.4) is 0 Å². The molecule has 2 saturated heterocycles. The van der Waals surface area contributed by atoms with Gasteiger partial charge in [-0.1, -0.05) is 109 Å². The summed E-state index contributed by atoms with van der Waals surface area (Å²) >= 11 is 0. The molecule has 0 radical (unpaired) electrons. The average molecular weight is 877 g/mol. The highest BCUT2D eigenvalue weighted by Gasteiger charge is 2.83. The number of hydrogen-bond donors (Lipinski definition) is 0. The lowest BCUT2D eigenvalue weighted by Crippen LogP contribution is -2.43. The van der Waals surface area contributed by atoms with Gasteiger partial charge in [-0.05, 0) is 86.8 Å². The zero-order chi connectivity index (χ0) is 43.6. The summed E-state index contributed by atoms with van der Waals surface area (Å²) in [6.07, 6.45) is 5.70. The largest absolute Gasteiger partial charge is 0.468 e. The van der Waals surface area contributed by atoms with E-state index < -0.39 is 30.9 Å². The number of likely N-dealkylation sites (tertiary alicyclic amines) is 2. The molecule has 8 atom stereocenters. The number of piperidine rings is 2. The number of esters is 2. The van der Waals surface area contributed by atoms with E-state index in [4.69, 9.17) is 9.47 Å². The lowest BCUT2D eigenvalue weighted by Gasteiger charge is -2.35. The summed E-state index contributed by atoms with van der Waals surface area (Å²) in [5.41, 5.74) is 2.19. The summed E-state index contributed by atoms with van der Waals surface area (Å²) in [5, 5.41) is 0. The Bertz CT molecular complexity index is 2470. The second-order valence-corrected chi connectivity index (χ2v) is 20.8. The molecule has 12 nitrogen and oxygen atoms in total. The molecule has 0 amide bonds. The van der Waals surface area contributed by atoms with Crippen molar-refractivity contribution in [3.63, 3.8) is 0 Å². The Balaban J connectivity index is 0.000000158. The molecule has 4 aromatic carbocycles. The van der Waals surface area contributed by atoms with Crippen molar-refractivity contribution in [3.05, 3.63) is 131 Å². The molecular formula is C48H52N4O8S2. The fraction of sp³-hybridized carbons (Fsp3) is 0.417. The Kier molecular flexibility index (Phi) is 10.7. The van der Waals surface area contributed by atoms with E-state index in [1.807, 2.05) is 74.5 Å². The monoisotopic (exact) mass is 876 g/mol. The standard InChI is InChI=1S/2C24H26N2O4S/c2*1-16-11-13-18(14-12-16)31(28,29)25-22-24(23(27)30-2)19-9-6-10-20(21(19)24)26(22)15-17-7-4-3-5-8-17/h2*3-5,7-8,11-14,19-21H,6,9-10,15H2,1-2H3/b2*25-22+/t2*19-,20+,21-,24+/m10/s1. The lowest BCUT2D eigenvalue weighted by molar-refractivity contribution is -0.146. The van der Waals surface area contributed by atoms with E-state index in [-0.39, 0.29) is 57.5 Å². The minimum atomic E-state index is -3.96. The van der Waals surface area contributed by atoms with E-state index in [1.54, 1.807) is 48.5 Å². The Morgan fingerprint density at radius 3 is 1.26 bits per heavy atom. The first-order valence-electron chi connectivity index (χ1n) is 21.4. The minimum Gasteiger partial charge on any atom is -0.468 e. The SMILES string of the molecule is COC(=O)[C@@]12/C(=N\S(=O)(=O)c3ccc(C)cc3)N(Cc3ccccc3)[C@H]3CCC[C@@H]1[C@H]32.COC(=O)[C@]12/C(=N\S(=O)(=O)c3ccc(C)cc3)N(Cc3ccccc3)[C@@H]3CCC[C@H]1[C@@H]32. The van der Waals surface area contributed by atoms with Gasteiger partial charge in [-0.25, -0.2) is 0 Å². The third kappa shape index (κ3) is 6.75. The number of amidine groups is 2. The van der Waals surface area contributed by atoms with E-state index in [1.165, 1.54) is 14.2 Å². The Morgan fingerprint density at radius 1 is 0.565 bits per heavy atom. The highest BCUT2D eigenvalue weighted by Crippen LogP contribution is 2.73. The van der Waals surface area contributed by atoms with Crippen LogP contribution in [0.5, 0.6) is 0 Å². The van der Waals surface area contributed by atoms with Gasteiger partial charge in [0.2, 0.25) is 0 Å².